The van der Waals surface area contributed by atoms with Crippen molar-refractivity contribution in [3.8, 4) is 5.75 Å². The molecule has 0 saturated carbocycles. The van der Waals surface area contributed by atoms with Gasteiger partial charge in [-0.05, 0) is 85.6 Å². The number of hydrogen-bond donors (Lipinski definition) is 1. The van der Waals surface area contributed by atoms with Gasteiger partial charge in [0, 0.05) is 50.6 Å². The fraction of sp³-hybridized carbons (Fsp3) is 0.241. The van der Waals surface area contributed by atoms with Crippen molar-refractivity contribution < 1.29 is 39.8 Å². The first-order valence-corrected chi connectivity index (χ1v) is 12.8. The Bertz CT molecular complexity index is 1380. The Morgan fingerprint density at radius 2 is 1.77 bits per heavy atom. The van der Waals surface area contributed by atoms with Crippen molar-refractivity contribution >= 4 is 29.6 Å². The third kappa shape index (κ3) is 6.87. The number of halogens is 3. The number of rotatable bonds is 8. The molecule has 5 nitrogen and oxygen atoms in total. The van der Waals surface area contributed by atoms with Gasteiger partial charge in [0.05, 0.1) is 13.3 Å². The first kappa shape index (κ1) is 30.3. The molecule has 0 spiro atoms. The monoisotopic (exact) mass is 598 g/mol. The number of thioether (sulfide) groups is 1. The minimum atomic E-state index is -4.40. The molecule has 3 aromatic rings. The summed E-state index contributed by atoms with van der Waals surface area (Å²) in [5.74, 6) is 0.448. The van der Waals surface area contributed by atoms with Gasteiger partial charge in [-0.3, -0.25) is 0 Å². The van der Waals surface area contributed by atoms with Gasteiger partial charge in [0.15, 0.2) is 0 Å². The Morgan fingerprint density at radius 3 is 2.44 bits per heavy atom. The summed E-state index contributed by atoms with van der Waals surface area (Å²) < 4.78 is 45.5. The van der Waals surface area contributed by atoms with Gasteiger partial charge >= 0.3 is 5.51 Å². The largest absolute Gasteiger partial charge is 0.497 e. The predicted molar refractivity (Wildman–Crippen MR) is 148 cm³/mol. The van der Waals surface area contributed by atoms with Crippen molar-refractivity contribution in [2.45, 2.75) is 36.1 Å². The number of nitrogens with zero attached hydrogens (tertiary/aromatic N) is 3. The molecule has 4 rings (SSSR count). The van der Waals surface area contributed by atoms with Gasteiger partial charge in [-0.25, -0.2) is 0 Å². The SMILES string of the molecule is CCN1\C(=C/C=N/N=C(\O)c2ccccc2)C(C)(Cc2ccccc2SC(F)(F)F)c2cc(OC)ccc21.[Co]. The number of methoxy groups -OCH3 is 1. The topological polar surface area (TPSA) is 57.4 Å². The molecule has 10 heteroatoms. The van der Waals surface area contributed by atoms with E-state index in [9.17, 15) is 18.3 Å². The third-order valence-electron chi connectivity index (χ3n) is 6.49. The predicted octanol–water partition coefficient (Wildman–Crippen LogP) is 7.52. The van der Waals surface area contributed by atoms with Crippen LogP contribution >= 0.6 is 11.8 Å². The molecule has 0 fully saturated rings. The standard InChI is InChI=1S/C29H28F3N3O2S.Co/c1-4-35-24-15-14-22(37-3)18-23(24)28(2,19-21-12-8-9-13-25(21)38-29(30,31)32)26(35)16-17-33-34-27(36)20-10-6-5-7-11-20;/h5-18H,4,19H2,1-3H3,(H,34,36);/b26-16-,33-17+;. The molecule has 1 aliphatic rings. The van der Waals surface area contributed by atoms with E-state index in [0.717, 1.165) is 16.9 Å². The molecule has 0 saturated heterocycles. The van der Waals surface area contributed by atoms with Crippen LogP contribution in [0.3, 0.4) is 0 Å². The molecule has 1 radical (unpaired) electrons. The van der Waals surface area contributed by atoms with Crippen LogP contribution in [-0.4, -0.2) is 36.4 Å². The normalized spacial score (nSPS) is 18.4. The molecule has 0 aliphatic carbocycles. The molecule has 3 aromatic carbocycles. The number of likely N-dealkylation sites (N-methyl/N-ethyl adjacent to an activating group) is 1. The maximum Gasteiger partial charge on any atom is 0.446 e. The molecule has 207 valence electrons. The van der Waals surface area contributed by atoms with E-state index in [1.54, 1.807) is 55.7 Å². The number of anilines is 1. The quantitative estimate of drug-likeness (QED) is 0.126. The average Bonchev–Trinajstić information content (AvgIpc) is 3.13. The molecule has 0 bridgehead atoms. The van der Waals surface area contributed by atoms with Gasteiger partial charge in [0.2, 0.25) is 5.90 Å². The number of benzene rings is 3. The van der Waals surface area contributed by atoms with Gasteiger partial charge < -0.3 is 14.7 Å². The Hall–Kier alpha value is -3.21. The summed E-state index contributed by atoms with van der Waals surface area (Å²) in [7, 11) is 1.58. The van der Waals surface area contributed by atoms with E-state index in [2.05, 4.69) is 15.1 Å². The van der Waals surface area contributed by atoms with Crippen LogP contribution < -0.4 is 9.64 Å². The second-order valence-corrected chi connectivity index (χ2v) is 10.0. The maximum absolute atomic E-state index is 13.3. The molecular formula is C29H28CoF3N3O2S. The Balaban J connectivity index is 0.00000420. The van der Waals surface area contributed by atoms with Crippen LogP contribution in [0, 0.1) is 0 Å². The molecular weight excluding hydrogens is 570 g/mol. The second-order valence-electron chi connectivity index (χ2n) is 8.90. The Morgan fingerprint density at radius 1 is 1.08 bits per heavy atom. The Labute approximate surface area is 240 Å². The summed E-state index contributed by atoms with van der Waals surface area (Å²) in [6.45, 7) is 4.66. The zero-order chi connectivity index (χ0) is 27.3. The smallest absolute Gasteiger partial charge is 0.446 e. The number of aliphatic hydroxyl groups excluding tert-OH is 1. The summed E-state index contributed by atoms with van der Waals surface area (Å²) in [4.78, 5) is 2.28. The number of allylic oxidation sites excluding steroid dienone is 2. The van der Waals surface area contributed by atoms with E-state index in [1.165, 1.54) is 12.3 Å². The van der Waals surface area contributed by atoms with E-state index in [1.807, 2.05) is 38.1 Å². The second kappa shape index (κ2) is 12.8. The number of aliphatic hydroxyl groups is 1. The van der Waals surface area contributed by atoms with Gasteiger partial charge in [0.25, 0.3) is 0 Å². The van der Waals surface area contributed by atoms with Crippen molar-refractivity contribution in [2.24, 2.45) is 10.2 Å². The van der Waals surface area contributed by atoms with Crippen LogP contribution in [0.2, 0.25) is 0 Å². The molecule has 0 aromatic heterocycles. The fourth-order valence-electron chi connectivity index (χ4n) is 4.78. The van der Waals surface area contributed by atoms with Crippen LogP contribution in [0.5, 0.6) is 5.75 Å². The van der Waals surface area contributed by atoms with Crippen LogP contribution in [0.4, 0.5) is 18.9 Å². The summed E-state index contributed by atoms with van der Waals surface area (Å²) in [6.07, 6.45) is 3.62. The van der Waals surface area contributed by atoms with Crippen LogP contribution in [-0.2, 0) is 28.6 Å². The van der Waals surface area contributed by atoms with Crippen molar-refractivity contribution in [1.82, 2.24) is 0 Å². The van der Waals surface area contributed by atoms with E-state index < -0.39 is 10.9 Å². The minimum Gasteiger partial charge on any atom is -0.497 e. The van der Waals surface area contributed by atoms with Crippen molar-refractivity contribution in [3.05, 3.63) is 101 Å². The number of hydrogen-bond acceptors (Lipinski definition) is 5. The fourth-order valence-corrected chi connectivity index (χ4v) is 5.44. The van der Waals surface area contributed by atoms with Crippen LogP contribution in [0.1, 0.15) is 30.5 Å². The third-order valence-corrected chi connectivity index (χ3v) is 7.34. The number of alkyl halides is 3. The summed E-state index contributed by atoms with van der Waals surface area (Å²) >= 11 is -0.101. The zero-order valence-electron chi connectivity index (χ0n) is 21.6. The Kier molecular flexibility index (Phi) is 9.92. The van der Waals surface area contributed by atoms with Crippen molar-refractivity contribution in [1.29, 1.82) is 0 Å². The first-order chi connectivity index (χ1) is 18.2. The molecule has 1 N–H and O–H groups in total. The maximum atomic E-state index is 13.3. The summed E-state index contributed by atoms with van der Waals surface area (Å²) in [5.41, 5.74) is -1.21. The molecule has 1 aliphatic heterocycles. The first-order valence-electron chi connectivity index (χ1n) is 12.0. The summed E-state index contributed by atoms with van der Waals surface area (Å²) in [5, 5.41) is 18.2. The van der Waals surface area contributed by atoms with Gasteiger partial charge in [-0.1, -0.05) is 36.4 Å². The molecule has 1 unspecified atom stereocenters. The minimum absolute atomic E-state index is 0. The van der Waals surface area contributed by atoms with Gasteiger partial charge in [-0.15, -0.1) is 5.10 Å². The van der Waals surface area contributed by atoms with Crippen molar-refractivity contribution in [3.63, 3.8) is 0 Å². The van der Waals surface area contributed by atoms with Crippen molar-refractivity contribution in [2.75, 3.05) is 18.6 Å². The van der Waals surface area contributed by atoms with E-state index in [0.29, 0.717) is 29.8 Å². The van der Waals surface area contributed by atoms with Gasteiger partial charge in [0.1, 0.15) is 5.75 Å². The summed E-state index contributed by atoms with van der Waals surface area (Å²) in [6, 6.07) is 21.2. The van der Waals surface area contributed by atoms with Gasteiger partial charge in [-0.2, -0.15) is 18.3 Å². The van der Waals surface area contributed by atoms with Crippen LogP contribution in [0.25, 0.3) is 0 Å². The number of ether oxygens (including phenoxy) is 1. The van der Waals surface area contributed by atoms with E-state index in [4.69, 9.17) is 4.74 Å². The average molecular weight is 599 g/mol. The number of fused-ring (bicyclic) bond motifs is 1. The molecule has 1 heterocycles. The van der Waals surface area contributed by atoms with E-state index >= 15 is 0 Å². The molecule has 0 amide bonds. The zero-order valence-corrected chi connectivity index (χ0v) is 23.4. The van der Waals surface area contributed by atoms with E-state index in [-0.39, 0.29) is 39.3 Å². The van der Waals surface area contributed by atoms with Crippen LogP contribution in [0.15, 0.2) is 99.7 Å². The molecule has 1 atom stereocenters. The molecule has 39 heavy (non-hydrogen) atoms.